The third-order valence-electron chi connectivity index (χ3n) is 4.96. The first kappa shape index (κ1) is 23.5. The van der Waals surface area contributed by atoms with Crippen LogP contribution in [-0.4, -0.2) is 26.0 Å². The maximum Gasteiger partial charge on any atom is 0.487 e. The number of imidazole rings is 1. The predicted octanol–water partition coefficient (Wildman–Crippen LogP) is 6.48. The molecule has 0 aliphatic rings. The minimum atomic E-state index is -3.86. The van der Waals surface area contributed by atoms with Gasteiger partial charge in [-0.15, -0.1) is 8.78 Å². The average molecular weight is 493 g/mol. The van der Waals surface area contributed by atoms with E-state index < -0.39 is 23.7 Å². The standard InChI is InChI=1S/C23H17ClF4N4O2/c1-2-32-19-17(13-4-3-9-29-12-13)10-14(11-18(19)31-21(32)20(25)26)22(33)30-15-5-7-16(8-6-15)34-23(24,27)28/h3-12,20H,2H2,1H3,(H,30,33). The molecule has 0 aliphatic heterocycles. The van der Waals surface area contributed by atoms with Crippen molar-refractivity contribution in [2.45, 2.75) is 25.5 Å². The molecule has 0 spiro atoms. The van der Waals surface area contributed by atoms with Crippen molar-refractivity contribution >= 4 is 34.2 Å². The minimum absolute atomic E-state index is 0.167. The topological polar surface area (TPSA) is 69.0 Å². The molecule has 6 nitrogen and oxygen atoms in total. The quantitative estimate of drug-likeness (QED) is 0.237. The van der Waals surface area contributed by atoms with Crippen molar-refractivity contribution < 1.29 is 27.1 Å². The molecule has 1 N–H and O–H groups in total. The van der Waals surface area contributed by atoms with Gasteiger partial charge in [0.05, 0.1) is 11.0 Å². The molecular weight excluding hydrogens is 476 g/mol. The molecule has 2 heterocycles. The Kier molecular flexibility index (Phi) is 6.43. The van der Waals surface area contributed by atoms with E-state index >= 15 is 0 Å². The van der Waals surface area contributed by atoms with Gasteiger partial charge >= 0.3 is 5.57 Å². The van der Waals surface area contributed by atoms with Crippen molar-refractivity contribution in [3.8, 4) is 16.9 Å². The van der Waals surface area contributed by atoms with E-state index in [-0.39, 0.29) is 23.4 Å². The number of carbonyl (C=O) groups excluding carboxylic acids is 1. The van der Waals surface area contributed by atoms with Crippen molar-refractivity contribution in [1.29, 1.82) is 0 Å². The van der Waals surface area contributed by atoms with Gasteiger partial charge in [0.25, 0.3) is 12.3 Å². The Labute approximate surface area is 196 Å². The summed E-state index contributed by atoms with van der Waals surface area (Å²) in [5.41, 5.74) is -1.55. The summed E-state index contributed by atoms with van der Waals surface area (Å²) in [5, 5.41) is 2.64. The van der Waals surface area contributed by atoms with Gasteiger partial charge in [0, 0.05) is 52.9 Å². The molecule has 0 atom stereocenters. The van der Waals surface area contributed by atoms with Gasteiger partial charge in [-0.05, 0) is 49.4 Å². The molecule has 11 heteroatoms. The summed E-state index contributed by atoms with van der Waals surface area (Å²) in [6.07, 6.45) is 0.344. The number of benzene rings is 2. The summed E-state index contributed by atoms with van der Waals surface area (Å²) >= 11 is 4.74. The number of anilines is 1. The average Bonchev–Trinajstić information content (AvgIpc) is 3.18. The van der Waals surface area contributed by atoms with Gasteiger partial charge in [0.1, 0.15) is 5.75 Å². The van der Waals surface area contributed by atoms with Crippen molar-refractivity contribution in [2.75, 3.05) is 5.32 Å². The van der Waals surface area contributed by atoms with Crippen molar-refractivity contribution in [3.05, 3.63) is 72.3 Å². The fourth-order valence-corrected chi connectivity index (χ4v) is 3.68. The summed E-state index contributed by atoms with van der Waals surface area (Å²) in [6, 6.07) is 11.6. The predicted molar refractivity (Wildman–Crippen MR) is 119 cm³/mol. The molecule has 0 fully saturated rings. The molecule has 0 unspecified atom stereocenters. The molecule has 0 saturated carbocycles. The Bertz CT molecular complexity index is 1320. The van der Waals surface area contributed by atoms with Crippen LogP contribution in [0.15, 0.2) is 60.9 Å². The highest BCUT2D eigenvalue weighted by Crippen LogP contribution is 2.34. The summed E-state index contributed by atoms with van der Waals surface area (Å²) in [6.45, 7) is 1.98. The number of aromatic nitrogens is 3. The summed E-state index contributed by atoms with van der Waals surface area (Å²) in [4.78, 5) is 21.1. The van der Waals surface area contributed by atoms with E-state index in [0.717, 1.165) is 0 Å². The van der Waals surface area contributed by atoms with Gasteiger partial charge in [-0.2, -0.15) is 0 Å². The van der Waals surface area contributed by atoms with E-state index in [2.05, 4.69) is 20.0 Å². The zero-order valence-corrected chi connectivity index (χ0v) is 18.4. The summed E-state index contributed by atoms with van der Waals surface area (Å²) in [5.74, 6) is -1.14. The van der Waals surface area contributed by atoms with E-state index in [1.165, 1.54) is 34.9 Å². The zero-order valence-electron chi connectivity index (χ0n) is 17.6. The number of aryl methyl sites for hydroxylation is 1. The summed E-state index contributed by atoms with van der Waals surface area (Å²) in [7, 11) is 0. The van der Waals surface area contributed by atoms with E-state index in [9.17, 15) is 22.4 Å². The lowest BCUT2D eigenvalue weighted by Crippen LogP contribution is -2.16. The summed E-state index contributed by atoms with van der Waals surface area (Å²) < 4.78 is 58.4. The Balaban J connectivity index is 1.73. The number of hydrogen-bond acceptors (Lipinski definition) is 4. The van der Waals surface area contributed by atoms with Crippen LogP contribution in [0.5, 0.6) is 5.75 Å². The van der Waals surface area contributed by atoms with Crippen LogP contribution in [0, 0.1) is 0 Å². The molecule has 4 rings (SSSR count). The molecule has 2 aromatic heterocycles. The van der Waals surface area contributed by atoms with Crippen molar-refractivity contribution in [1.82, 2.24) is 14.5 Å². The lowest BCUT2D eigenvalue weighted by molar-refractivity contribution is -0.0964. The molecule has 0 bridgehead atoms. The number of nitrogens with one attached hydrogen (secondary N) is 1. The first-order chi connectivity index (χ1) is 16.2. The van der Waals surface area contributed by atoms with Gasteiger partial charge in [-0.25, -0.2) is 13.8 Å². The highest BCUT2D eigenvalue weighted by atomic mass is 35.5. The van der Waals surface area contributed by atoms with Gasteiger partial charge in [0.15, 0.2) is 5.82 Å². The fraction of sp³-hybridized carbons (Fsp3) is 0.174. The molecule has 0 saturated heterocycles. The van der Waals surface area contributed by atoms with Crippen LogP contribution in [0.25, 0.3) is 22.2 Å². The van der Waals surface area contributed by atoms with Crippen LogP contribution in [0.1, 0.15) is 29.5 Å². The Morgan fingerprint density at radius 3 is 2.53 bits per heavy atom. The maximum atomic E-state index is 13.6. The monoisotopic (exact) mass is 492 g/mol. The van der Waals surface area contributed by atoms with E-state index in [0.29, 0.717) is 22.3 Å². The number of halogens is 5. The fourth-order valence-electron chi connectivity index (χ4n) is 3.59. The first-order valence-electron chi connectivity index (χ1n) is 10.1. The van der Waals surface area contributed by atoms with Crippen LogP contribution in [0.2, 0.25) is 0 Å². The highest BCUT2D eigenvalue weighted by molar-refractivity contribution is 6.20. The van der Waals surface area contributed by atoms with Crippen LogP contribution in [0.3, 0.4) is 0 Å². The normalized spacial score (nSPS) is 11.7. The molecular formula is C23H17ClF4N4O2. The molecule has 4 aromatic rings. The number of hydrogen-bond donors (Lipinski definition) is 1. The molecule has 176 valence electrons. The number of alkyl halides is 5. The smallest absolute Gasteiger partial charge is 0.420 e. The highest BCUT2D eigenvalue weighted by Gasteiger charge is 2.27. The minimum Gasteiger partial charge on any atom is -0.420 e. The Hall–Kier alpha value is -3.66. The molecule has 0 aliphatic carbocycles. The Morgan fingerprint density at radius 1 is 1.21 bits per heavy atom. The second-order valence-corrected chi connectivity index (χ2v) is 7.61. The number of amides is 1. The molecule has 1 amide bonds. The van der Waals surface area contributed by atoms with Gasteiger partial charge in [0.2, 0.25) is 0 Å². The van der Waals surface area contributed by atoms with E-state index in [1.807, 2.05) is 0 Å². The third kappa shape index (κ3) is 4.96. The number of carbonyl (C=O) groups is 1. The third-order valence-corrected chi connectivity index (χ3v) is 5.04. The lowest BCUT2D eigenvalue weighted by atomic mass is 10.0. The number of nitrogens with zero attached hydrogens (tertiary/aromatic N) is 3. The second-order valence-electron chi connectivity index (χ2n) is 7.17. The molecule has 34 heavy (non-hydrogen) atoms. The van der Waals surface area contributed by atoms with Crippen LogP contribution in [0.4, 0.5) is 23.2 Å². The Morgan fingerprint density at radius 2 is 1.94 bits per heavy atom. The second kappa shape index (κ2) is 9.30. The lowest BCUT2D eigenvalue weighted by Gasteiger charge is -2.12. The number of fused-ring (bicyclic) bond motifs is 1. The van der Waals surface area contributed by atoms with Crippen molar-refractivity contribution in [3.63, 3.8) is 0 Å². The SMILES string of the molecule is CCn1c(C(F)F)nc2cc(C(=O)Nc3ccc(OC(F)(F)Cl)cc3)cc(-c3cccnc3)c21. The van der Waals surface area contributed by atoms with E-state index in [1.54, 1.807) is 37.5 Å². The zero-order chi connectivity index (χ0) is 24.5. The largest absolute Gasteiger partial charge is 0.487 e. The van der Waals surface area contributed by atoms with Gasteiger partial charge in [-0.1, -0.05) is 6.07 Å². The van der Waals surface area contributed by atoms with Crippen LogP contribution < -0.4 is 10.1 Å². The van der Waals surface area contributed by atoms with E-state index in [4.69, 9.17) is 11.6 Å². The van der Waals surface area contributed by atoms with Crippen LogP contribution >= 0.6 is 11.6 Å². The molecule has 2 aromatic carbocycles. The molecule has 0 radical (unpaired) electrons. The van der Waals surface area contributed by atoms with Crippen molar-refractivity contribution in [2.24, 2.45) is 0 Å². The number of rotatable bonds is 7. The number of ether oxygens (including phenoxy) is 1. The first-order valence-corrected chi connectivity index (χ1v) is 10.4. The van der Waals surface area contributed by atoms with Crippen LogP contribution in [-0.2, 0) is 6.54 Å². The van der Waals surface area contributed by atoms with Gasteiger partial charge in [-0.3, -0.25) is 9.78 Å². The maximum absolute atomic E-state index is 13.6. The van der Waals surface area contributed by atoms with Gasteiger partial charge < -0.3 is 14.6 Å². The number of pyridine rings is 1.